The van der Waals surface area contributed by atoms with Crippen molar-refractivity contribution in [3.8, 4) is 0 Å². The number of hydrogen-bond donors (Lipinski definition) is 2. The minimum atomic E-state index is -4.67. The Morgan fingerprint density at radius 2 is 0.659 bits per heavy atom. The molecule has 9 heteroatoms. The SMILES string of the molecule is CCCCCCCCCCCCCCOC(=O)/C=C\C(=O)OCCCCCCCCCCCCCC.O=S(=O)(O)O. The highest BCUT2D eigenvalue weighted by Gasteiger charge is 2.02. The predicted octanol–water partition coefficient (Wildman–Crippen LogP) is 9.38. The van der Waals surface area contributed by atoms with E-state index in [-0.39, 0.29) is 0 Å². The molecule has 0 spiro atoms. The summed E-state index contributed by atoms with van der Waals surface area (Å²) in [5.74, 6) is -0.916. The maximum absolute atomic E-state index is 11.7. The summed E-state index contributed by atoms with van der Waals surface area (Å²) in [6.07, 6.45) is 33.1. The summed E-state index contributed by atoms with van der Waals surface area (Å²) in [6.45, 7) is 5.37. The molecule has 0 saturated carbocycles. The molecule has 8 nitrogen and oxygen atoms in total. The highest BCUT2D eigenvalue weighted by Crippen LogP contribution is 2.13. The molecule has 0 amide bonds. The predicted molar refractivity (Wildman–Crippen MR) is 167 cm³/mol. The lowest BCUT2D eigenvalue weighted by Gasteiger charge is -2.04. The molecule has 0 rings (SSSR count). The fraction of sp³-hybridized carbons (Fsp3) is 0.875. The lowest BCUT2D eigenvalue weighted by Crippen LogP contribution is -2.06. The average Bonchev–Trinajstić information content (AvgIpc) is 2.91. The molecule has 0 aromatic carbocycles. The van der Waals surface area contributed by atoms with Gasteiger partial charge in [-0.2, -0.15) is 8.42 Å². The summed E-state index contributed by atoms with van der Waals surface area (Å²) < 4.78 is 41.9. The van der Waals surface area contributed by atoms with E-state index in [0.29, 0.717) is 13.2 Å². The van der Waals surface area contributed by atoms with Crippen LogP contribution in [0.2, 0.25) is 0 Å². The third-order valence-corrected chi connectivity index (χ3v) is 6.84. The van der Waals surface area contributed by atoms with Crippen LogP contribution in [0.4, 0.5) is 0 Å². The quantitative estimate of drug-likeness (QED) is 0.0390. The fourth-order valence-corrected chi connectivity index (χ4v) is 4.46. The fourth-order valence-electron chi connectivity index (χ4n) is 4.46. The molecule has 0 aliphatic heterocycles. The number of hydrogen-bond acceptors (Lipinski definition) is 6. The summed E-state index contributed by atoms with van der Waals surface area (Å²) in [5.41, 5.74) is 0. The number of rotatable bonds is 28. The zero-order chi connectivity index (χ0) is 30.9. The molecule has 0 unspecified atom stereocenters. The molecule has 0 saturated heterocycles. The number of esters is 2. The second kappa shape index (κ2) is 33.1. The van der Waals surface area contributed by atoms with E-state index < -0.39 is 22.3 Å². The molecule has 2 N–H and O–H groups in total. The molecule has 0 atom stereocenters. The van der Waals surface area contributed by atoms with Crippen LogP contribution in [0.15, 0.2) is 12.2 Å². The molecule has 41 heavy (non-hydrogen) atoms. The first-order valence-electron chi connectivity index (χ1n) is 16.4. The number of carbonyl (C=O) groups excluding carboxylic acids is 2. The Bertz CT molecular complexity index is 654. The molecule has 0 heterocycles. The first-order chi connectivity index (χ1) is 19.7. The standard InChI is InChI=1S/C32H60O4.H2O4S/c1-3-5-7-9-11-13-15-17-19-21-23-25-29-35-31(33)27-28-32(34)36-30-26-24-22-20-18-16-14-12-10-8-6-4-2;1-5(2,3)4/h27-28H,3-26,29-30H2,1-2H3;(H2,1,2,3,4)/b28-27-;. The van der Waals surface area contributed by atoms with Crippen LogP contribution in [-0.4, -0.2) is 42.7 Å². The smallest absolute Gasteiger partial charge is 0.394 e. The lowest BCUT2D eigenvalue weighted by molar-refractivity contribution is -0.140. The van der Waals surface area contributed by atoms with Gasteiger partial charge in [-0.25, -0.2) is 9.59 Å². The molecular formula is C32H62O8S. The van der Waals surface area contributed by atoms with E-state index in [1.54, 1.807) is 0 Å². The van der Waals surface area contributed by atoms with Crippen molar-refractivity contribution in [2.24, 2.45) is 0 Å². The van der Waals surface area contributed by atoms with Crippen molar-refractivity contribution >= 4 is 22.3 Å². The van der Waals surface area contributed by atoms with E-state index in [9.17, 15) is 9.59 Å². The topological polar surface area (TPSA) is 127 Å². The van der Waals surface area contributed by atoms with Crippen molar-refractivity contribution in [2.75, 3.05) is 13.2 Å². The molecular weight excluding hydrogens is 544 g/mol. The zero-order valence-electron chi connectivity index (χ0n) is 26.3. The molecule has 0 fully saturated rings. The van der Waals surface area contributed by atoms with Crippen LogP contribution in [0.3, 0.4) is 0 Å². The van der Waals surface area contributed by atoms with Crippen LogP contribution < -0.4 is 0 Å². The molecule has 0 aliphatic carbocycles. The van der Waals surface area contributed by atoms with Crippen LogP contribution in [0, 0.1) is 0 Å². The van der Waals surface area contributed by atoms with Gasteiger partial charge in [0.05, 0.1) is 13.2 Å². The maximum Gasteiger partial charge on any atom is 0.394 e. The Morgan fingerprint density at radius 3 is 0.878 bits per heavy atom. The van der Waals surface area contributed by atoms with Gasteiger partial charge in [0.1, 0.15) is 0 Å². The molecule has 244 valence electrons. The highest BCUT2D eigenvalue weighted by molar-refractivity contribution is 7.79. The number of carbonyl (C=O) groups is 2. The zero-order valence-corrected chi connectivity index (χ0v) is 27.1. The van der Waals surface area contributed by atoms with E-state index in [1.165, 1.54) is 141 Å². The van der Waals surface area contributed by atoms with Gasteiger partial charge in [-0.1, -0.05) is 155 Å². The lowest BCUT2D eigenvalue weighted by atomic mass is 10.1. The molecule has 0 aliphatic rings. The van der Waals surface area contributed by atoms with Crippen molar-refractivity contribution in [1.82, 2.24) is 0 Å². The monoisotopic (exact) mass is 606 g/mol. The normalized spacial score (nSPS) is 11.3. The van der Waals surface area contributed by atoms with Gasteiger partial charge in [0.2, 0.25) is 0 Å². The summed E-state index contributed by atoms with van der Waals surface area (Å²) in [5, 5.41) is 0. The first-order valence-corrected chi connectivity index (χ1v) is 17.8. The summed E-state index contributed by atoms with van der Waals surface area (Å²) in [6, 6.07) is 0. The van der Waals surface area contributed by atoms with Crippen LogP contribution in [0.5, 0.6) is 0 Å². The molecule has 0 bridgehead atoms. The van der Waals surface area contributed by atoms with Gasteiger partial charge in [0, 0.05) is 12.2 Å². The van der Waals surface area contributed by atoms with E-state index >= 15 is 0 Å². The van der Waals surface area contributed by atoms with E-state index in [4.69, 9.17) is 27.0 Å². The Hall–Kier alpha value is -1.45. The average molecular weight is 607 g/mol. The van der Waals surface area contributed by atoms with Gasteiger partial charge in [0.25, 0.3) is 0 Å². The van der Waals surface area contributed by atoms with Crippen molar-refractivity contribution in [2.45, 2.75) is 168 Å². The van der Waals surface area contributed by atoms with E-state index in [2.05, 4.69) is 13.8 Å². The van der Waals surface area contributed by atoms with Crippen molar-refractivity contribution in [3.05, 3.63) is 12.2 Å². The Labute approximate surface area is 252 Å². The molecule has 0 aromatic heterocycles. The summed E-state index contributed by atoms with van der Waals surface area (Å²) in [4.78, 5) is 23.4. The summed E-state index contributed by atoms with van der Waals surface area (Å²) in [7, 11) is -4.67. The van der Waals surface area contributed by atoms with Gasteiger partial charge >= 0.3 is 22.3 Å². The van der Waals surface area contributed by atoms with Crippen LogP contribution in [0.25, 0.3) is 0 Å². The third-order valence-electron chi connectivity index (χ3n) is 6.84. The highest BCUT2D eigenvalue weighted by atomic mass is 32.3. The maximum atomic E-state index is 11.7. The Kier molecular flexibility index (Phi) is 33.6. The van der Waals surface area contributed by atoms with Gasteiger partial charge in [0.15, 0.2) is 0 Å². The second-order valence-electron chi connectivity index (χ2n) is 10.9. The van der Waals surface area contributed by atoms with E-state index in [1.807, 2.05) is 0 Å². The number of ether oxygens (including phenoxy) is 2. The first kappa shape index (κ1) is 41.7. The largest absolute Gasteiger partial charge is 0.463 e. The van der Waals surface area contributed by atoms with Crippen molar-refractivity contribution in [1.29, 1.82) is 0 Å². The van der Waals surface area contributed by atoms with Crippen LogP contribution >= 0.6 is 0 Å². The van der Waals surface area contributed by atoms with Gasteiger partial charge < -0.3 is 9.47 Å². The number of unbranched alkanes of at least 4 members (excludes halogenated alkanes) is 22. The molecule has 0 radical (unpaired) electrons. The van der Waals surface area contributed by atoms with Crippen LogP contribution in [0.1, 0.15) is 168 Å². The Morgan fingerprint density at radius 1 is 0.463 bits per heavy atom. The Balaban J connectivity index is 0. The van der Waals surface area contributed by atoms with Gasteiger partial charge in [-0.05, 0) is 12.8 Å². The van der Waals surface area contributed by atoms with Crippen LogP contribution in [-0.2, 0) is 29.5 Å². The minimum Gasteiger partial charge on any atom is -0.463 e. The van der Waals surface area contributed by atoms with Gasteiger partial charge in [-0.3, -0.25) is 9.11 Å². The van der Waals surface area contributed by atoms with Crippen molar-refractivity contribution in [3.63, 3.8) is 0 Å². The molecule has 0 aromatic rings. The van der Waals surface area contributed by atoms with Gasteiger partial charge in [-0.15, -0.1) is 0 Å². The van der Waals surface area contributed by atoms with Crippen molar-refractivity contribution < 1.29 is 36.6 Å². The summed E-state index contributed by atoms with van der Waals surface area (Å²) >= 11 is 0. The third kappa shape index (κ3) is 45.8. The minimum absolute atomic E-state index is 0.425. The second-order valence-corrected chi connectivity index (χ2v) is 11.8. The van der Waals surface area contributed by atoms with E-state index in [0.717, 1.165) is 25.7 Å².